The highest BCUT2D eigenvalue weighted by Gasteiger charge is 2.07. The lowest BCUT2D eigenvalue weighted by molar-refractivity contribution is -0.114. The van der Waals surface area contributed by atoms with E-state index in [4.69, 9.17) is 4.74 Å². The number of carbonyl (C=O) groups is 1. The molecule has 0 fully saturated rings. The molecule has 0 unspecified atom stereocenters. The summed E-state index contributed by atoms with van der Waals surface area (Å²) in [6.07, 6.45) is 3.75. The number of methoxy groups -OCH3 is 1. The van der Waals surface area contributed by atoms with E-state index in [9.17, 15) is 4.79 Å². The van der Waals surface area contributed by atoms with E-state index < -0.39 is 0 Å². The number of hydrogen-bond donors (Lipinski definition) is 1. The summed E-state index contributed by atoms with van der Waals surface area (Å²) < 4.78 is 7.28. The molecule has 0 saturated carbocycles. The van der Waals surface area contributed by atoms with Gasteiger partial charge in [-0.15, -0.1) is 0 Å². The van der Waals surface area contributed by atoms with Crippen molar-refractivity contribution in [1.82, 2.24) is 9.55 Å². The smallest absolute Gasteiger partial charge is 0.221 e. The van der Waals surface area contributed by atoms with Crippen LogP contribution in [0.3, 0.4) is 0 Å². The maximum absolute atomic E-state index is 11.1. The van der Waals surface area contributed by atoms with Crippen LogP contribution in [0.2, 0.25) is 0 Å². The van der Waals surface area contributed by atoms with Gasteiger partial charge in [0, 0.05) is 37.1 Å². The number of nitrogens with one attached hydrogen (secondary N) is 1. The number of rotatable bonds is 5. The molecule has 3 aromatic rings. The zero-order valence-corrected chi connectivity index (χ0v) is 13.7. The van der Waals surface area contributed by atoms with Crippen LogP contribution >= 0.6 is 0 Å². The summed E-state index contributed by atoms with van der Waals surface area (Å²) in [5.74, 6) is 1.65. The Kier molecular flexibility index (Phi) is 4.61. The number of anilines is 1. The van der Waals surface area contributed by atoms with Crippen molar-refractivity contribution in [2.45, 2.75) is 13.5 Å². The van der Waals surface area contributed by atoms with Crippen LogP contribution in [0.25, 0.3) is 11.4 Å². The van der Waals surface area contributed by atoms with Crippen LogP contribution in [0.5, 0.6) is 5.75 Å². The van der Waals surface area contributed by atoms with Crippen LogP contribution in [-0.4, -0.2) is 22.6 Å². The minimum absolute atomic E-state index is 0.0799. The molecule has 3 rings (SSSR count). The van der Waals surface area contributed by atoms with Gasteiger partial charge in [-0.3, -0.25) is 4.79 Å². The molecular formula is C19H19N3O2. The van der Waals surface area contributed by atoms with Crippen molar-refractivity contribution in [1.29, 1.82) is 0 Å². The summed E-state index contributed by atoms with van der Waals surface area (Å²) in [5, 5.41) is 2.76. The quantitative estimate of drug-likeness (QED) is 0.781. The second-order valence-electron chi connectivity index (χ2n) is 5.49. The van der Waals surface area contributed by atoms with Gasteiger partial charge in [-0.2, -0.15) is 0 Å². The fraction of sp³-hybridized carbons (Fsp3) is 0.158. The molecule has 1 amide bonds. The minimum atomic E-state index is -0.0799. The Balaban J connectivity index is 1.80. The van der Waals surface area contributed by atoms with Crippen LogP contribution in [-0.2, 0) is 11.3 Å². The van der Waals surface area contributed by atoms with Crippen LogP contribution in [0.4, 0.5) is 5.69 Å². The number of amides is 1. The first-order valence-electron chi connectivity index (χ1n) is 7.68. The Morgan fingerprint density at radius 3 is 2.46 bits per heavy atom. The predicted octanol–water partition coefficient (Wildman–Crippen LogP) is 3.57. The Morgan fingerprint density at radius 2 is 1.83 bits per heavy atom. The van der Waals surface area contributed by atoms with Crippen molar-refractivity contribution in [3.63, 3.8) is 0 Å². The standard InChI is InChI=1S/C19H19N3O2/c1-14(23)21-17-7-5-16(6-8-17)19-20-11-12-22(19)13-15-3-9-18(24-2)10-4-15/h3-12H,13H2,1-2H3,(H,21,23). The van der Waals surface area contributed by atoms with E-state index in [1.807, 2.05) is 54.7 Å². The van der Waals surface area contributed by atoms with Crippen LogP contribution in [0.15, 0.2) is 60.9 Å². The maximum Gasteiger partial charge on any atom is 0.221 e. The summed E-state index contributed by atoms with van der Waals surface area (Å²) in [4.78, 5) is 15.6. The largest absolute Gasteiger partial charge is 0.497 e. The first-order chi connectivity index (χ1) is 11.7. The molecule has 0 atom stereocenters. The molecule has 24 heavy (non-hydrogen) atoms. The molecule has 122 valence electrons. The number of imidazole rings is 1. The highest BCUT2D eigenvalue weighted by molar-refractivity contribution is 5.88. The summed E-state index contributed by atoms with van der Waals surface area (Å²) in [7, 11) is 1.66. The number of benzene rings is 2. The normalized spacial score (nSPS) is 10.4. The molecule has 0 aliphatic heterocycles. The minimum Gasteiger partial charge on any atom is -0.497 e. The summed E-state index contributed by atoms with van der Waals surface area (Å²) in [6, 6.07) is 15.7. The van der Waals surface area contributed by atoms with E-state index in [1.165, 1.54) is 12.5 Å². The van der Waals surface area contributed by atoms with Gasteiger partial charge in [-0.1, -0.05) is 12.1 Å². The fourth-order valence-corrected chi connectivity index (χ4v) is 2.53. The van der Waals surface area contributed by atoms with Gasteiger partial charge in [-0.25, -0.2) is 4.98 Å². The Bertz CT molecular complexity index is 821. The molecule has 0 bridgehead atoms. The fourth-order valence-electron chi connectivity index (χ4n) is 2.53. The zero-order chi connectivity index (χ0) is 16.9. The molecule has 1 N–H and O–H groups in total. The molecule has 0 radical (unpaired) electrons. The number of nitrogens with zero attached hydrogens (tertiary/aromatic N) is 2. The van der Waals surface area contributed by atoms with Gasteiger partial charge in [0.05, 0.1) is 7.11 Å². The van der Waals surface area contributed by atoms with Crippen molar-refractivity contribution in [2.75, 3.05) is 12.4 Å². The van der Waals surface area contributed by atoms with Crippen molar-refractivity contribution in [3.8, 4) is 17.1 Å². The van der Waals surface area contributed by atoms with E-state index in [2.05, 4.69) is 14.9 Å². The predicted molar refractivity (Wildman–Crippen MR) is 94.1 cm³/mol. The lowest BCUT2D eigenvalue weighted by Gasteiger charge is -2.10. The Morgan fingerprint density at radius 1 is 1.12 bits per heavy atom. The van der Waals surface area contributed by atoms with Gasteiger partial charge in [0.15, 0.2) is 0 Å². The third-order valence-corrected chi connectivity index (χ3v) is 3.69. The van der Waals surface area contributed by atoms with E-state index in [1.54, 1.807) is 13.3 Å². The molecule has 0 spiro atoms. The lowest BCUT2D eigenvalue weighted by atomic mass is 10.1. The Labute approximate surface area is 140 Å². The molecule has 1 aromatic heterocycles. The molecule has 5 nitrogen and oxygen atoms in total. The van der Waals surface area contributed by atoms with Gasteiger partial charge in [0.2, 0.25) is 5.91 Å². The number of aromatic nitrogens is 2. The van der Waals surface area contributed by atoms with Gasteiger partial charge < -0.3 is 14.6 Å². The van der Waals surface area contributed by atoms with Crippen molar-refractivity contribution >= 4 is 11.6 Å². The average molecular weight is 321 g/mol. The first-order valence-corrected chi connectivity index (χ1v) is 7.68. The average Bonchev–Trinajstić information content (AvgIpc) is 3.04. The van der Waals surface area contributed by atoms with E-state index in [0.29, 0.717) is 0 Å². The molecule has 2 aromatic carbocycles. The second-order valence-corrected chi connectivity index (χ2v) is 5.49. The van der Waals surface area contributed by atoms with Crippen LogP contribution in [0, 0.1) is 0 Å². The lowest BCUT2D eigenvalue weighted by Crippen LogP contribution is -2.05. The highest BCUT2D eigenvalue weighted by Crippen LogP contribution is 2.21. The van der Waals surface area contributed by atoms with E-state index in [0.717, 1.165) is 29.4 Å². The first kappa shape index (κ1) is 15.8. The maximum atomic E-state index is 11.1. The number of hydrogen-bond acceptors (Lipinski definition) is 3. The summed E-state index contributed by atoms with van der Waals surface area (Å²) in [6.45, 7) is 2.22. The molecular weight excluding hydrogens is 302 g/mol. The van der Waals surface area contributed by atoms with Gasteiger partial charge in [0.1, 0.15) is 11.6 Å². The van der Waals surface area contributed by atoms with Crippen LogP contribution < -0.4 is 10.1 Å². The van der Waals surface area contributed by atoms with Gasteiger partial charge >= 0.3 is 0 Å². The van der Waals surface area contributed by atoms with Crippen molar-refractivity contribution in [3.05, 3.63) is 66.5 Å². The summed E-state index contributed by atoms with van der Waals surface area (Å²) >= 11 is 0. The van der Waals surface area contributed by atoms with Crippen molar-refractivity contribution in [2.24, 2.45) is 0 Å². The third-order valence-electron chi connectivity index (χ3n) is 3.69. The number of ether oxygens (including phenoxy) is 1. The van der Waals surface area contributed by atoms with Crippen molar-refractivity contribution < 1.29 is 9.53 Å². The molecule has 0 aliphatic rings. The molecule has 0 saturated heterocycles. The molecule has 0 aliphatic carbocycles. The van der Waals surface area contributed by atoms with E-state index >= 15 is 0 Å². The SMILES string of the molecule is COc1ccc(Cn2ccnc2-c2ccc(NC(C)=O)cc2)cc1. The summed E-state index contributed by atoms with van der Waals surface area (Å²) in [5.41, 5.74) is 2.95. The second kappa shape index (κ2) is 7.00. The monoisotopic (exact) mass is 321 g/mol. The highest BCUT2D eigenvalue weighted by atomic mass is 16.5. The zero-order valence-electron chi connectivity index (χ0n) is 13.7. The Hall–Kier alpha value is -3.08. The van der Waals surface area contributed by atoms with E-state index in [-0.39, 0.29) is 5.91 Å². The van der Waals surface area contributed by atoms with Gasteiger partial charge in [-0.05, 0) is 42.0 Å². The number of carbonyl (C=O) groups excluding carboxylic acids is 1. The van der Waals surface area contributed by atoms with Crippen LogP contribution in [0.1, 0.15) is 12.5 Å². The van der Waals surface area contributed by atoms with Gasteiger partial charge in [0.25, 0.3) is 0 Å². The molecule has 1 heterocycles. The third kappa shape index (κ3) is 3.63. The topological polar surface area (TPSA) is 56.1 Å². The molecule has 5 heteroatoms.